The van der Waals surface area contributed by atoms with E-state index in [-0.39, 0.29) is 5.41 Å². The molecule has 0 aromatic carbocycles. The van der Waals surface area contributed by atoms with Crippen molar-refractivity contribution in [3.8, 4) is 0 Å². The third kappa shape index (κ3) is 1.82. The van der Waals surface area contributed by atoms with Crippen molar-refractivity contribution in [3.63, 3.8) is 0 Å². The average molecular weight is 154 g/mol. The van der Waals surface area contributed by atoms with Gasteiger partial charge in [-0.1, -0.05) is 26.7 Å². The number of carbonyl (C=O) groups is 1. The summed E-state index contributed by atoms with van der Waals surface area (Å²) in [7, 11) is 0. The first-order valence-electron chi connectivity index (χ1n) is 4.69. The second-order valence-corrected chi connectivity index (χ2v) is 4.10. The second kappa shape index (κ2) is 3.38. The van der Waals surface area contributed by atoms with Crippen molar-refractivity contribution < 1.29 is 4.79 Å². The summed E-state index contributed by atoms with van der Waals surface area (Å²) in [6.45, 7) is 4.41. The maximum Gasteiger partial charge on any atom is 0.126 e. The van der Waals surface area contributed by atoms with Gasteiger partial charge in [0.1, 0.15) is 6.29 Å². The van der Waals surface area contributed by atoms with E-state index in [4.69, 9.17) is 0 Å². The first-order valence-corrected chi connectivity index (χ1v) is 4.69. The van der Waals surface area contributed by atoms with Gasteiger partial charge in [-0.15, -0.1) is 0 Å². The van der Waals surface area contributed by atoms with Crippen molar-refractivity contribution in [1.29, 1.82) is 0 Å². The Kier molecular flexibility index (Phi) is 2.69. The lowest BCUT2D eigenvalue weighted by molar-refractivity contribution is -0.123. The first-order chi connectivity index (χ1) is 5.22. The van der Waals surface area contributed by atoms with Crippen LogP contribution in [-0.2, 0) is 4.79 Å². The smallest absolute Gasteiger partial charge is 0.126 e. The van der Waals surface area contributed by atoms with Gasteiger partial charge in [0.15, 0.2) is 0 Å². The fraction of sp³-hybridized carbons (Fsp3) is 0.900. The molecule has 0 aromatic heterocycles. The van der Waals surface area contributed by atoms with Crippen molar-refractivity contribution in [3.05, 3.63) is 0 Å². The molecule has 1 aliphatic rings. The van der Waals surface area contributed by atoms with Crippen LogP contribution in [-0.4, -0.2) is 6.29 Å². The minimum atomic E-state index is 0.107. The van der Waals surface area contributed by atoms with Gasteiger partial charge in [0.2, 0.25) is 0 Å². The van der Waals surface area contributed by atoms with Crippen LogP contribution in [0.3, 0.4) is 0 Å². The molecule has 64 valence electrons. The van der Waals surface area contributed by atoms with Crippen LogP contribution in [0, 0.1) is 11.3 Å². The number of carbonyl (C=O) groups excluding carboxylic acids is 1. The highest BCUT2D eigenvalue weighted by Crippen LogP contribution is 2.47. The highest BCUT2D eigenvalue weighted by molar-refractivity contribution is 5.61. The van der Waals surface area contributed by atoms with Crippen molar-refractivity contribution in [2.75, 3.05) is 0 Å². The van der Waals surface area contributed by atoms with Crippen molar-refractivity contribution in [1.82, 2.24) is 0 Å². The molecule has 1 heteroatoms. The van der Waals surface area contributed by atoms with E-state index in [9.17, 15) is 4.79 Å². The average Bonchev–Trinajstić information content (AvgIpc) is 1.96. The molecular weight excluding hydrogens is 136 g/mol. The molecule has 0 atom stereocenters. The van der Waals surface area contributed by atoms with Gasteiger partial charge in [0.25, 0.3) is 0 Å². The largest absolute Gasteiger partial charge is 0.303 e. The van der Waals surface area contributed by atoms with Crippen molar-refractivity contribution in [2.45, 2.75) is 46.0 Å². The summed E-state index contributed by atoms with van der Waals surface area (Å²) >= 11 is 0. The Morgan fingerprint density at radius 1 is 1.55 bits per heavy atom. The Morgan fingerprint density at radius 2 is 2.18 bits per heavy atom. The van der Waals surface area contributed by atoms with Crippen LogP contribution in [0.2, 0.25) is 0 Å². The Morgan fingerprint density at radius 3 is 2.55 bits per heavy atom. The summed E-state index contributed by atoms with van der Waals surface area (Å²) in [5.41, 5.74) is 0.107. The molecule has 0 bridgehead atoms. The highest BCUT2D eigenvalue weighted by atomic mass is 16.1. The van der Waals surface area contributed by atoms with E-state index in [0.29, 0.717) is 0 Å². The van der Waals surface area contributed by atoms with Crippen molar-refractivity contribution in [2.24, 2.45) is 11.3 Å². The van der Waals surface area contributed by atoms with Crippen molar-refractivity contribution >= 4 is 6.29 Å². The SMILES string of the molecule is CCCCC1(C=O)CC(C)C1. The van der Waals surface area contributed by atoms with Gasteiger partial charge in [0, 0.05) is 5.41 Å². The first kappa shape index (κ1) is 8.76. The molecule has 0 heterocycles. The standard InChI is InChI=1S/C10H18O/c1-3-4-5-10(8-11)6-9(2)7-10/h8-9H,3-7H2,1-2H3. The molecule has 0 aliphatic heterocycles. The Balaban J connectivity index is 2.31. The normalized spacial score (nSPS) is 36.4. The topological polar surface area (TPSA) is 17.1 Å². The molecule has 0 amide bonds. The van der Waals surface area contributed by atoms with Gasteiger partial charge in [-0.2, -0.15) is 0 Å². The van der Waals surface area contributed by atoms with Gasteiger partial charge in [-0.05, 0) is 25.2 Å². The molecule has 11 heavy (non-hydrogen) atoms. The minimum Gasteiger partial charge on any atom is -0.303 e. The molecule has 0 N–H and O–H groups in total. The zero-order chi connectivity index (χ0) is 8.32. The zero-order valence-electron chi connectivity index (χ0n) is 7.60. The maximum atomic E-state index is 10.8. The summed E-state index contributed by atoms with van der Waals surface area (Å²) in [5.74, 6) is 0.789. The van der Waals surface area contributed by atoms with Gasteiger partial charge >= 0.3 is 0 Å². The third-order valence-corrected chi connectivity index (χ3v) is 2.79. The monoisotopic (exact) mass is 154 g/mol. The van der Waals surface area contributed by atoms with E-state index in [1.807, 2.05) is 0 Å². The van der Waals surface area contributed by atoms with Gasteiger partial charge in [-0.3, -0.25) is 0 Å². The lowest BCUT2D eigenvalue weighted by Crippen LogP contribution is -2.37. The van der Waals surface area contributed by atoms with E-state index >= 15 is 0 Å². The minimum absolute atomic E-state index is 0.107. The van der Waals surface area contributed by atoms with Crippen LogP contribution in [0.1, 0.15) is 46.0 Å². The summed E-state index contributed by atoms with van der Waals surface area (Å²) < 4.78 is 0. The number of aldehydes is 1. The van der Waals surface area contributed by atoms with Crippen LogP contribution in [0.15, 0.2) is 0 Å². The fourth-order valence-electron chi connectivity index (χ4n) is 2.22. The molecule has 0 saturated heterocycles. The van der Waals surface area contributed by atoms with Gasteiger partial charge < -0.3 is 4.79 Å². The molecule has 1 saturated carbocycles. The second-order valence-electron chi connectivity index (χ2n) is 4.10. The van der Waals surface area contributed by atoms with E-state index in [2.05, 4.69) is 13.8 Å². The fourth-order valence-corrected chi connectivity index (χ4v) is 2.22. The number of rotatable bonds is 4. The van der Waals surface area contributed by atoms with Gasteiger partial charge in [0.05, 0.1) is 0 Å². The summed E-state index contributed by atoms with van der Waals surface area (Å²) in [6, 6.07) is 0. The molecular formula is C10H18O. The van der Waals surface area contributed by atoms with Crippen LogP contribution >= 0.6 is 0 Å². The molecule has 0 radical (unpaired) electrons. The Labute approximate surface area is 69.2 Å². The van der Waals surface area contributed by atoms with Crippen LogP contribution in [0.25, 0.3) is 0 Å². The Bertz CT molecular complexity index is 134. The molecule has 1 fully saturated rings. The lowest BCUT2D eigenvalue weighted by atomic mass is 9.61. The number of hydrogen-bond donors (Lipinski definition) is 0. The molecule has 0 aromatic rings. The lowest BCUT2D eigenvalue weighted by Gasteiger charge is -2.42. The third-order valence-electron chi connectivity index (χ3n) is 2.79. The van der Waals surface area contributed by atoms with E-state index in [1.165, 1.54) is 19.1 Å². The summed E-state index contributed by atoms with van der Waals surface area (Å²) in [6.07, 6.45) is 7.02. The van der Waals surface area contributed by atoms with Crippen LogP contribution in [0.4, 0.5) is 0 Å². The number of hydrogen-bond acceptors (Lipinski definition) is 1. The summed E-state index contributed by atoms with van der Waals surface area (Å²) in [5, 5.41) is 0. The van der Waals surface area contributed by atoms with E-state index < -0.39 is 0 Å². The van der Waals surface area contributed by atoms with Gasteiger partial charge in [-0.25, -0.2) is 0 Å². The van der Waals surface area contributed by atoms with E-state index in [0.717, 1.165) is 25.2 Å². The van der Waals surface area contributed by atoms with E-state index in [1.54, 1.807) is 0 Å². The number of unbranched alkanes of at least 4 members (excludes halogenated alkanes) is 1. The zero-order valence-corrected chi connectivity index (χ0v) is 7.60. The Hall–Kier alpha value is -0.330. The molecule has 0 spiro atoms. The molecule has 1 nitrogen and oxygen atoms in total. The van der Waals surface area contributed by atoms with Crippen LogP contribution < -0.4 is 0 Å². The maximum absolute atomic E-state index is 10.8. The molecule has 1 aliphatic carbocycles. The molecule has 1 rings (SSSR count). The van der Waals surface area contributed by atoms with Crippen LogP contribution in [0.5, 0.6) is 0 Å². The highest BCUT2D eigenvalue weighted by Gasteiger charge is 2.40. The molecule has 0 unspecified atom stereocenters. The predicted octanol–water partition coefficient (Wildman–Crippen LogP) is 2.79. The quantitative estimate of drug-likeness (QED) is 0.569. The summed E-state index contributed by atoms with van der Waals surface area (Å²) in [4.78, 5) is 10.8. The predicted molar refractivity (Wildman–Crippen MR) is 46.4 cm³/mol.